The Morgan fingerprint density at radius 1 is 1.07 bits per heavy atom. The maximum atomic E-state index is 12.9. The zero-order chi connectivity index (χ0) is 19.4. The molecule has 3 aromatic rings. The van der Waals surface area contributed by atoms with Gasteiger partial charge in [-0.15, -0.1) is 0 Å². The summed E-state index contributed by atoms with van der Waals surface area (Å²) in [6, 6.07) is 9.99. The van der Waals surface area contributed by atoms with E-state index in [0.29, 0.717) is 17.3 Å². The maximum absolute atomic E-state index is 12.9. The van der Waals surface area contributed by atoms with Gasteiger partial charge in [-0.3, -0.25) is 4.98 Å². The van der Waals surface area contributed by atoms with Crippen molar-refractivity contribution in [1.29, 1.82) is 0 Å². The first kappa shape index (κ1) is 18.9. The lowest BCUT2D eigenvalue weighted by molar-refractivity contribution is 0.414. The van der Waals surface area contributed by atoms with Gasteiger partial charge >= 0.3 is 0 Å². The second-order valence-electron chi connectivity index (χ2n) is 5.95. The minimum absolute atomic E-state index is 0.120. The highest BCUT2D eigenvalue weighted by Crippen LogP contribution is 2.25. The van der Waals surface area contributed by atoms with E-state index < -0.39 is 10.0 Å². The van der Waals surface area contributed by atoms with Crippen molar-refractivity contribution in [2.45, 2.75) is 18.4 Å². The first-order chi connectivity index (χ1) is 12.9. The fraction of sp³-hybridized carbons (Fsp3) is 0.211. The smallest absolute Gasteiger partial charge is 0.243 e. The van der Waals surface area contributed by atoms with Crippen molar-refractivity contribution >= 4 is 10.0 Å². The maximum Gasteiger partial charge on any atom is 0.243 e. The van der Waals surface area contributed by atoms with Crippen molar-refractivity contribution < 1.29 is 13.2 Å². The summed E-state index contributed by atoms with van der Waals surface area (Å²) in [4.78, 5) is 12.9. The van der Waals surface area contributed by atoms with Crippen LogP contribution in [0.5, 0.6) is 5.75 Å². The fourth-order valence-corrected chi connectivity index (χ4v) is 3.77. The van der Waals surface area contributed by atoms with Crippen LogP contribution in [0.1, 0.15) is 11.5 Å². The average Bonchev–Trinajstić information content (AvgIpc) is 2.68. The van der Waals surface area contributed by atoms with Gasteiger partial charge in [0.1, 0.15) is 11.6 Å². The highest BCUT2D eigenvalue weighted by atomic mass is 32.2. The fourth-order valence-electron chi connectivity index (χ4n) is 2.63. The Morgan fingerprint density at radius 3 is 2.37 bits per heavy atom. The lowest BCUT2D eigenvalue weighted by Gasteiger charge is -2.19. The third-order valence-electron chi connectivity index (χ3n) is 4.12. The SMILES string of the molecule is COc1ccc(S(=O)(=O)N(C)Cc2nc(C)ncc2-c2ccncc2)cc1. The van der Waals surface area contributed by atoms with Crippen LogP contribution in [-0.2, 0) is 16.6 Å². The predicted molar refractivity (Wildman–Crippen MR) is 102 cm³/mol. The largest absolute Gasteiger partial charge is 0.497 e. The van der Waals surface area contributed by atoms with E-state index in [1.54, 1.807) is 37.6 Å². The monoisotopic (exact) mass is 384 g/mol. The van der Waals surface area contributed by atoms with Crippen LogP contribution in [0, 0.1) is 6.92 Å². The molecule has 0 aliphatic heterocycles. The molecule has 27 heavy (non-hydrogen) atoms. The number of hydrogen-bond acceptors (Lipinski definition) is 6. The standard InChI is InChI=1S/C19H20N4O3S/c1-14-21-12-18(15-8-10-20-11-9-15)19(22-14)13-23(2)27(24,25)17-6-4-16(26-3)5-7-17/h4-12H,13H2,1-3H3. The summed E-state index contributed by atoms with van der Waals surface area (Å²) in [6.07, 6.45) is 5.06. The molecule has 3 rings (SSSR count). The van der Waals surface area contributed by atoms with Crippen molar-refractivity contribution in [2.24, 2.45) is 0 Å². The number of pyridine rings is 1. The van der Waals surface area contributed by atoms with Crippen LogP contribution in [0.15, 0.2) is 59.9 Å². The van der Waals surface area contributed by atoms with Crippen LogP contribution in [0.3, 0.4) is 0 Å². The van der Waals surface area contributed by atoms with E-state index in [9.17, 15) is 8.42 Å². The first-order valence-electron chi connectivity index (χ1n) is 8.25. The van der Waals surface area contributed by atoms with Crippen LogP contribution >= 0.6 is 0 Å². The van der Waals surface area contributed by atoms with E-state index in [1.807, 2.05) is 12.1 Å². The molecule has 2 aromatic heterocycles. The molecule has 0 spiro atoms. The zero-order valence-electron chi connectivity index (χ0n) is 15.3. The van der Waals surface area contributed by atoms with Gasteiger partial charge in [-0.1, -0.05) is 0 Å². The predicted octanol–water partition coefficient (Wildman–Crippen LogP) is 2.68. The van der Waals surface area contributed by atoms with Crippen LogP contribution in [0.2, 0.25) is 0 Å². The molecule has 0 bridgehead atoms. The zero-order valence-corrected chi connectivity index (χ0v) is 16.1. The second-order valence-corrected chi connectivity index (χ2v) is 7.99. The van der Waals surface area contributed by atoms with Gasteiger partial charge in [-0.2, -0.15) is 4.31 Å². The molecule has 7 nitrogen and oxygen atoms in total. The third-order valence-corrected chi connectivity index (χ3v) is 5.94. The minimum Gasteiger partial charge on any atom is -0.497 e. The highest BCUT2D eigenvalue weighted by molar-refractivity contribution is 7.89. The molecule has 0 radical (unpaired) electrons. The van der Waals surface area contributed by atoms with Gasteiger partial charge in [0.2, 0.25) is 10.0 Å². The summed E-state index contributed by atoms with van der Waals surface area (Å²) in [6.45, 7) is 1.90. The van der Waals surface area contributed by atoms with Crippen molar-refractivity contribution in [3.8, 4) is 16.9 Å². The van der Waals surface area contributed by atoms with E-state index in [-0.39, 0.29) is 11.4 Å². The van der Waals surface area contributed by atoms with Crippen LogP contribution in [0.4, 0.5) is 0 Å². The third kappa shape index (κ3) is 4.12. The molecule has 0 unspecified atom stereocenters. The minimum atomic E-state index is -3.67. The van der Waals surface area contributed by atoms with Gasteiger partial charge in [0.15, 0.2) is 0 Å². The number of ether oxygens (including phenoxy) is 1. The molecule has 2 heterocycles. The molecule has 140 valence electrons. The summed E-state index contributed by atoms with van der Waals surface area (Å²) in [5.74, 6) is 1.18. The van der Waals surface area contributed by atoms with Gasteiger partial charge < -0.3 is 4.74 Å². The Balaban J connectivity index is 1.93. The van der Waals surface area contributed by atoms with Gasteiger partial charge in [-0.05, 0) is 48.9 Å². The number of sulfonamides is 1. The quantitative estimate of drug-likeness (QED) is 0.650. The normalized spacial score (nSPS) is 11.6. The van der Waals surface area contributed by atoms with Crippen molar-refractivity contribution in [2.75, 3.05) is 14.2 Å². The molecule has 0 saturated heterocycles. The number of hydrogen-bond donors (Lipinski definition) is 0. The first-order valence-corrected chi connectivity index (χ1v) is 9.69. The Labute approximate surface area is 158 Å². The number of aryl methyl sites for hydroxylation is 1. The molecule has 1 aromatic carbocycles. The molecule has 0 atom stereocenters. The Bertz CT molecular complexity index is 1020. The molecule has 0 amide bonds. The lowest BCUT2D eigenvalue weighted by Crippen LogP contribution is -2.27. The molecule has 0 aliphatic rings. The summed E-state index contributed by atoms with van der Waals surface area (Å²) >= 11 is 0. The molecular weight excluding hydrogens is 364 g/mol. The van der Waals surface area contributed by atoms with E-state index in [1.165, 1.54) is 30.6 Å². The van der Waals surface area contributed by atoms with E-state index in [2.05, 4.69) is 15.0 Å². The number of nitrogens with zero attached hydrogens (tertiary/aromatic N) is 4. The van der Waals surface area contributed by atoms with Gasteiger partial charge in [-0.25, -0.2) is 18.4 Å². The van der Waals surface area contributed by atoms with Crippen LogP contribution < -0.4 is 4.74 Å². The number of aromatic nitrogens is 3. The summed E-state index contributed by atoms with van der Waals surface area (Å²) in [7, 11) is -0.598. The molecule has 0 N–H and O–H groups in total. The summed E-state index contributed by atoms with van der Waals surface area (Å²) in [5.41, 5.74) is 2.29. The average molecular weight is 384 g/mol. The number of rotatable bonds is 6. The Kier molecular flexibility index (Phi) is 5.48. The topological polar surface area (TPSA) is 85.3 Å². The van der Waals surface area contributed by atoms with Crippen molar-refractivity contribution in [3.05, 3.63) is 66.5 Å². The van der Waals surface area contributed by atoms with Crippen LogP contribution in [-0.4, -0.2) is 41.8 Å². The summed E-state index contributed by atoms with van der Waals surface area (Å²) < 4.78 is 32.2. The molecule has 0 aliphatic carbocycles. The number of benzene rings is 1. The molecule has 0 fully saturated rings. The van der Waals surface area contributed by atoms with Crippen molar-refractivity contribution in [3.63, 3.8) is 0 Å². The van der Waals surface area contributed by atoms with E-state index in [4.69, 9.17) is 4.74 Å². The van der Waals surface area contributed by atoms with Crippen LogP contribution in [0.25, 0.3) is 11.1 Å². The molecule has 8 heteroatoms. The highest BCUT2D eigenvalue weighted by Gasteiger charge is 2.23. The second kappa shape index (κ2) is 7.81. The van der Waals surface area contributed by atoms with Crippen molar-refractivity contribution in [1.82, 2.24) is 19.3 Å². The molecular formula is C19H20N4O3S. The lowest BCUT2D eigenvalue weighted by atomic mass is 10.1. The number of methoxy groups -OCH3 is 1. The Hall–Kier alpha value is -2.84. The van der Waals surface area contributed by atoms with E-state index in [0.717, 1.165) is 11.1 Å². The Morgan fingerprint density at radius 2 is 1.74 bits per heavy atom. The molecule has 0 saturated carbocycles. The summed E-state index contributed by atoms with van der Waals surface area (Å²) in [5, 5.41) is 0. The van der Waals surface area contributed by atoms with E-state index >= 15 is 0 Å². The van der Waals surface area contributed by atoms with Gasteiger partial charge in [0, 0.05) is 31.2 Å². The van der Waals surface area contributed by atoms with Gasteiger partial charge in [0.05, 0.1) is 24.2 Å². The van der Waals surface area contributed by atoms with Gasteiger partial charge in [0.25, 0.3) is 0 Å².